The van der Waals surface area contributed by atoms with Crippen molar-refractivity contribution in [2.24, 2.45) is 11.7 Å². The zero-order chi connectivity index (χ0) is 15.5. The van der Waals surface area contributed by atoms with Crippen LogP contribution in [0.5, 0.6) is 0 Å². The maximum atomic E-state index is 13.3. The van der Waals surface area contributed by atoms with E-state index in [1.807, 2.05) is 13.8 Å². The molecule has 4 nitrogen and oxygen atoms in total. The summed E-state index contributed by atoms with van der Waals surface area (Å²) in [5, 5.41) is -0.138. The topological polar surface area (TPSA) is 72.2 Å². The minimum Gasteiger partial charge on any atom is -0.329 e. The molecule has 1 aromatic rings. The second kappa shape index (κ2) is 8.29. The third-order valence-electron chi connectivity index (χ3n) is 2.86. The first-order chi connectivity index (χ1) is 9.17. The first-order valence-electron chi connectivity index (χ1n) is 6.35. The summed E-state index contributed by atoms with van der Waals surface area (Å²) in [5.74, 6) is -0.233. The lowest BCUT2D eigenvalue weighted by molar-refractivity contribution is 0.465. The van der Waals surface area contributed by atoms with Gasteiger partial charge in [0.25, 0.3) is 0 Å². The van der Waals surface area contributed by atoms with Crippen LogP contribution in [0.4, 0.5) is 4.39 Å². The van der Waals surface area contributed by atoms with Gasteiger partial charge in [0.05, 0.1) is 5.02 Å². The number of nitrogens with two attached hydrogens (primary N) is 1. The van der Waals surface area contributed by atoms with Gasteiger partial charge >= 0.3 is 0 Å². The molecule has 0 spiro atoms. The highest BCUT2D eigenvalue weighted by molar-refractivity contribution is 7.89. The second-order valence-electron chi connectivity index (χ2n) is 5.22. The molecule has 0 aliphatic heterocycles. The van der Waals surface area contributed by atoms with E-state index in [1.165, 1.54) is 13.0 Å². The van der Waals surface area contributed by atoms with E-state index in [9.17, 15) is 12.8 Å². The molecule has 0 saturated heterocycles. The van der Waals surface area contributed by atoms with Crippen LogP contribution in [-0.4, -0.2) is 21.0 Å². The highest BCUT2D eigenvalue weighted by Crippen LogP contribution is 2.25. The van der Waals surface area contributed by atoms with E-state index in [1.54, 1.807) is 0 Å². The largest absolute Gasteiger partial charge is 0.329 e. The Morgan fingerprint density at radius 2 is 1.95 bits per heavy atom. The molecule has 1 unspecified atom stereocenters. The molecular weight excluding hydrogens is 338 g/mol. The van der Waals surface area contributed by atoms with Gasteiger partial charge in [-0.1, -0.05) is 25.4 Å². The summed E-state index contributed by atoms with van der Waals surface area (Å²) in [6.45, 7) is 5.63. The Morgan fingerprint density at radius 3 is 2.43 bits per heavy atom. The van der Waals surface area contributed by atoms with Crippen LogP contribution in [0.3, 0.4) is 0 Å². The second-order valence-corrected chi connectivity index (χ2v) is 7.30. The predicted molar refractivity (Wildman–Crippen MR) is 86.0 cm³/mol. The number of benzene rings is 1. The van der Waals surface area contributed by atoms with E-state index in [0.717, 1.165) is 6.07 Å². The molecule has 0 aromatic heterocycles. The van der Waals surface area contributed by atoms with Gasteiger partial charge in [0.2, 0.25) is 10.0 Å². The average molecular weight is 359 g/mol. The molecule has 122 valence electrons. The number of hydrogen-bond donors (Lipinski definition) is 2. The molecule has 0 heterocycles. The molecule has 0 fully saturated rings. The first-order valence-corrected chi connectivity index (χ1v) is 8.21. The molecule has 0 radical (unpaired) electrons. The molecule has 0 amide bonds. The van der Waals surface area contributed by atoms with Gasteiger partial charge in [0.1, 0.15) is 10.7 Å². The minimum absolute atomic E-state index is 0. The highest BCUT2D eigenvalue weighted by atomic mass is 35.5. The monoisotopic (exact) mass is 358 g/mol. The van der Waals surface area contributed by atoms with Crippen LogP contribution in [0.25, 0.3) is 0 Å². The first kappa shape index (κ1) is 20.6. The number of nitrogens with one attached hydrogen (secondary N) is 1. The average Bonchev–Trinajstić information content (AvgIpc) is 2.31. The standard InChI is InChI=1S/C13H20ClFN2O2S.ClH/c1-8(2)4-10(7-16)17-20(18,19)13-5-9(3)12(15)6-11(13)14;/h5-6,8,10,17H,4,7,16H2,1-3H3;1H. The minimum atomic E-state index is -3.82. The Morgan fingerprint density at radius 1 is 1.38 bits per heavy atom. The van der Waals surface area contributed by atoms with Gasteiger partial charge in [-0.05, 0) is 37.0 Å². The van der Waals surface area contributed by atoms with Crippen molar-refractivity contribution in [1.82, 2.24) is 4.72 Å². The summed E-state index contributed by atoms with van der Waals surface area (Å²) in [4.78, 5) is -0.125. The van der Waals surface area contributed by atoms with Crippen LogP contribution in [0.15, 0.2) is 17.0 Å². The third kappa shape index (κ3) is 5.71. The molecule has 0 bridgehead atoms. The van der Waals surface area contributed by atoms with E-state index in [4.69, 9.17) is 17.3 Å². The Bertz CT molecular complexity index is 580. The Kier molecular flexibility index (Phi) is 8.13. The normalized spacial score (nSPS) is 13.1. The lowest BCUT2D eigenvalue weighted by atomic mass is 10.1. The number of halogens is 3. The smallest absolute Gasteiger partial charge is 0.242 e. The molecular formula is C13H21Cl2FN2O2S. The molecule has 3 N–H and O–H groups in total. The summed E-state index contributed by atoms with van der Waals surface area (Å²) in [6, 6.07) is 1.86. The van der Waals surface area contributed by atoms with Crippen molar-refractivity contribution in [2.75, 3.05) is 6.54 Å². The van der Waals surface area contributed by atoms with E-state index < -0.39 is 15.8 Å². The zero-order valence-electron chi connectivity index (χ0n) is 12.2. The SMILES string of the molecule is Cc1cc(S(=O)(=O)NC(CN)CC(C)C)c(Cl)cc1F.Cl. The number of hydrogen-bond acceptors (Lipinski definition) is 3. The van der Waals surface area contributed by atoms with Crippen LogP contribution >= 0.6 is 24.0 Å². The van der Waals surface area contributed by atoms with E-state index in [0.29, 0.717) is 12.3 Å². The van der Waals surface area contributed by atoms with Crippen LogP contribution < -0.4 is 10.5 Å². The molecule has 8 heteroatoms. The Labute approximate surface area is 136 Å². The maximum absolute atomic E-state index is 13.3. The van der Waals surface area contributed by atoms with Crippen molar-refractivity contribution in [3.8, 4) is 0 Å². The third-order valence-corrected chi connectivity index (χ3v) is 4.85. The summed E-state index contributed by atoms with van der Waals surface area (Å²) in [6.07, 6.45) is 0.619. The van der Waals surface area contributed by atoms with Crippen molar-refractivity contribution in [3.63, 3.8) is 0 Å². The molecule has 1 aromatic carbocycles. The predicted octanol–water partition coefficient (Wildman–Crippen LogP) is 2.86. The fourth-order valence-corrected chi connectivity index (χ4v) is 3.74. The number of sulfonamides is 1. The highest BCUT2D eigenvalue weighted by Gasteiger charge is 2.23. The van der Waals surface area contributed by atoms with Crippen molar-refractivity contribution in [3.05, 3.63) is 28.5 Å². The fourth-order valence-electron chi connectivity index (χ4n) is 1.88. The van der Waals surface area contributed by atoms with Gasteiger partial charge in [-0.15, -0.1) is 12.4 Å². The lowest BCUT2D eigenvalue weighted by Gasteiger charge is -2.19. The van der Waals surface area contributed by atoms with Gasteiger partial charge in [0.15, 0.2) is 0 Å². The van der Waals surface area contributed by atoms with Gasteiger partial charge in [-0.3, -0.25) is 0 Å². The van der Waals surface area contributed by atoms with Gasteiger partial charge in [-0.25, -0.2) is 17.5 Å². The zero-order valence-corrected chi connectivity index (χ0v) is 14.6. The van der Waals surface area contributed by atoms with Crippen molar-refractivity contribution >= 4 is 34.0 Å². The number of rotatable bonds is 6. The molecule has 1 rings (SSSR count). The molecule has 0 aliphatic rings. The fraction of sp³-hybridized carbons (Fsp3) is 0.538. The summed E-state index contributed by atoms with van der Waals surface area (Å²) in [5.41, 5.74) is 5.80. The van der Waals surface area contributed by atoms with Crippen LogP contribution in [0.2, 0.25) is 5.02 Å². The van der Waals surface area contributed by atoms with Gasteiger partial charge in [-0.2, -0.15) is 0 Å². The summed E-state index contributed by atoms with van der Waals surface area (Å²) >= 11 is 5.83. The van der Waals surface area contributed by atoms with E-state index >= 15 is 0 Å². The molecule has 0 saturated carbocycles. The summed E-state index contributed by atoms with van der Waals surface area (Å²) < 4.78 is 40.4. The van der Waals surface area contributed by atoms with Crippen LogP contribution in [-0.2, 0) is 10.0 Å². The molecule has 0 aliphatic carbocycles. The number of aryl methyl sites for hydroxylation is 1. The van der Waals surface area contributed by atoms with Crippen molar-refractivity contribution < 1.29 is 12.8 Å². The van der Waals surface area contributed by atoms with Gasteiger partial charge in [0, 0.05) is 12.6 Å². The van der Waals surface area contributed by atoms with E-state index in [-0.39, 0.29) is 40.5 Å². The summed E-state index contributed by atoms with van der Waals surface area (Å²) in [7, 11) is -3.82. The Hall–Kier alpha value is -0.400. The van der Waals surface area contributed by atoms with Gasteiger partial charge < -0.3 is 5.73 Å². The Balaban J connectivity index is 0.00000400. The molecule has 1 atom stereocenters. The quantitative estimate of drug-likeness (QED) is 0.820. The van der Waals surface area contributed by atoms with E-state index in [2.05, 4.69) is 4.72 Å². The van der Waals surface area contributed by atoms with Crippen LogP contribution in [0, 0.1) is 18.7 Å². The van der Waals surface area contributed by atoms with Crippen LogP contribution in [0.1, 0.15) is 25.8 Å². The maximum Gasteiger partial charge on any atom is 0.242 e. The lowest BCUT2D eigenvalue weighted by Crippen LogP contribution is -2.41. The van der Waals surface area contributed by atoms with Crippen molar-refractivity contribution in [2.45, 2.75) is 38.1 Å². The van der Waals surface area contributed by atoms with Crippen molar-refractivity contribution in [1.29, 1.82) is 0 Å². The molecule has 21 heavy (non-hydrogen) atoms.